The summed E-state index contributed by atoms with van der Waals surface area (Å²) in [5.74, 6) is -0.0350. The molecule has 1 saturated carbocycles. The quantitative estimate of drug-likeness (QED) is 0.409. The fraction of sp³-hybridized carbons (Fsp3) is 0.355. The van der Waals surface area contributed by atoms with E-state index in [0.717, 1.165) is 71.3 Å². The highest BCUT2D eigenvalue weighted by atomic mass is 19.1. The number of benzene rings is 2. The molecule has 2 atom stereocenters. The summed E-state index contributed by atoms with van der Waals surface area (Å²) in [5.41, 5.74) is 8.58. The number of rotatable bonds is 8. The molecule has 0 amide bonds. The van der Waals surface area contributed by atoms with E-state index in [1.807, 2.05) is 18.2 Å². The molecule has 1 fully saturated rings. The van der Waals surface area contributed by atoms with Gasteiger partial charge in [-0.2, -0.15) is 0 Å². The van der Waals surface area contributed by atoms with Crippen LogP contribution in [0.2, 0.25) is 0 Å². The molecule has 4 nitrogen and oxygen atoms in total. The van der Waals surface area contributed by atoms with Crippen molar-refractivity contribution in [2.45, 2.75) is 70.0 Å². The van der Waals surface area contributed by atoms with E-state index in [0.29, 0.717) is 5.92 Å². The molecule has 3 aromatic rings. The summed E-state index contributed by atoms with van der Waals surface area (Å²) in [6.45, 7) is 1.43. The smallest absolute Gasteiger partial charge is 0.132 e. The summed E-state index contributed by atoms with van der Waals surface area (Å²) in [7, 11) is 0. The first-order valence-corrected chi connectivity index (χ1v) is 12.9. The van der Waals surface area contributed by atoms with Crippen LogP contribution in [0.1, 0.15) is 67.3 Å². The molecule has 1 aromatic heterocycles. The third kappa shape index (κ3) is 5.32. The van der Waals surface area contributed by atoms with Crippen molar-refractivity contribution in [3.8, 4) is 22.4 Å². The lowest BCUT2D eigenvalue weighted by Crippen LogP contribution is -2.18. The Morgan fingerprint density at radius 1 is 1.11 bits per heavy atom. The lowest BCUT2D eigenvalue weighted by molar-refractivity contribution is -0.119. The topological polar surface area (TPSA) is 70.4 Å². The number of Topliss-reactive ketones (excluding diaryl/α,β-unsaturated/α-hetero) is 1. The highest BCUT2D eigenvalue weighted by Crippen LogP contribution is 2.47. The Morgan fingerprint density at radius 3 is 2.58 bits per heavy atom. The summed E-state index contributed by atoms with van der Waals surface area (Å²) in [6, 6.07) is 15.1. The second-order valence-electron chi connectivity index (χ2n) is 10.1. The van der Waals surface area contributed by atoms with Gasteiger partial charge in [0.05, 0.1) is 23.6 Å². The maximum atomic E-state index is 13.9. The number of aliphatic hydroxyl groups is 2. The van der Waals surface area contributed by atoms with Gasteiger partial charge < -0.3 is 10.2 Å². The predicted molar refractivity (Wildman–Crippen MR) is 140 cm³/mol. The van der Waals surface area contributed by atoms with Crippen LogP contribution in [-0.4, -0.2) is 33.2 Å². The molecule has 0 radical (unpaired) electrons. The highest BCUT2D eigenvalue weighted by Gasteiger charge is 2.32. The molecule has 0 bridgehead atoms. The molecule has 5 rings (SSSR count). The van der Waals surface area contributed by atoms with Gasteiger partial charge in [0, 0.05) is 29.9 Å². The van der Waals surface area contributed by atoms with E-state index in [4.69, 9.17) is 4.98 Å². The number of hydrogen-bond donors (Lipinski definition) is 2. The SMILES string of the molecule is CC(=O)C[C@H](O)C[C@H](O)/C=C/c1c(C2CC2)nc2c(c1-c1ccc(F)cc1)CCCc1ccccc1-2. The number of carbonyl (C=O) groups is 1. The highest BCUT2D eigenvalue weighted by molar-refractivity contribution is 5.86. The Labute approximate surface area is 211 Å². The van der Waals surface area contributed by atoms with Crippen LogP contribution in [0.3, 0.4) is 0 Å². The molecule has 5 heteroatoms. The number of aryl methyl sites for hydroxylation is 1. The molecular weight excluding hydrogens is 453 g/mol. The van der Waals surface area contributed by atoms with Crippen LogP contribution in [-0.2, 0) is 17.6 Å². The zero-order chi connectivity index (χ0) is 25.2. The van der Waals surface area contributed by atoms with Crippen molar-refractivity contribution in [2.75, 3.05) is 0 Å². The first-order valence-electron chi connectivity index (χ1n) is 12.9. The van der Waals surface area contributed by atoms with E-state index >= 15 is 0 Å². The normalized spacial score (nSPS) is 16.8. The summed E-state index contributed by atoms with van der Waals surface area (Å²) in [5, 5.41) is 20.7. The van der Waals surface area contributed by atoms with E-state index in [1.54, 1.807) is 6.08 Å². The van der Waals surface area contributed by atoms with Crippen LogP contribution in [0.4, 0.5) is 4.39 Å². The Balaban J connectivity index is 1.66. The average Bonchev–Trinajstić information content (AvgIpc) is 3.69. The molecule has 186 valence electrons. The Bertz CT molecular complexity index is 1290. The van der Waals surface area contributed by atoms with Crippen molar-refractivity contribution in [1.29, 1.82) is 0 Å². The average molecular weight is 486 g/mol. The second-order valence-corrected chi connectivity index (χ2v) is 10.1. The number of halogens is 1. The Kier molecular flexibility index (Phi) is 7.13. The maximum Gasteiger partial charge on any atom is 0.132 e. The molecule has 0 spiro atoms. The van der Waals surface area contributed by atoms with E-state index in [2.05, 4.69) is 24.3 Å². The molecule has 0 aliphatic heterocycles. The molecular formula is C31H32FNO3. The van der Waals surface area contributed by atoms with Gasteiger partial charge >= 0.3 is 0 Å². The lowest BCUT2D eigenvalue weighted by Gasteiger charge is -2.21. The minimum Gasteiger partial charge on any atom is -0.393 e. The zero-order valence-electron chi connectivity index (χ0n) is 20.6. The molecule has 2 aliphatic rings. The van der Waals surface area contributed by atoms with Crippen molar-refractivity contribution in [3.63, 3.8) is 0 Å². The fourth-order valence-electron chi connectivity index (χ4n) is 5.31. The van der Waals surface area contributed by atoms with Crippen LogP contribution in [0.25, 0.3) is 28.5 Å². The number of carbonyl (C=O) groups excluding carboxylic acids is 1. The van der Waals surface area contributed by atoms with Crippen molar-refractivity contribution in [2.24, 2.45) is 0 Å². The van der Waals surface area contributed by atoms with Crippen molar-refractivity contribution < 1.29 is 19.4 Å². The van der Waals surface area contributed by atoms with Crippen LogP contribution in [0, 0.1) is 5.82 Å². The number of nitrogens with zero attached hydrogens (tertiary/aromatic N) is 1. The van der Waals surface area contributed by atoms with Crippen LogP contribution >= 0.6 is 0 Å². The minimum absolute atomic E-state index is 0.0266. The first-order chi connectivity index (χ1) is 17.4. The standard InChI is InChI=1S/C31H32FNO3/c1-19(34)17-25(36)18-24(35)15-16-28-29(21-11-13-23(32)14-12-21)27-8-4-6-20-5-2-3-7-26(20)31(27)33-30(28)22-9-10-22/h2-3,5,7,11-16,22,24-25,35-36H,4,6,8-10,17-18H2,1H3/b16-15+/t24-,25+/m1/s1. The van der Waals surface area contributed by atoms with Crippen molar-refractivity contribution in [3.05, 3.63) is 82.8 Å². The lowest BCUT2D eigenvalue weighted by atomic mass is 9.87. The number of aliphatic hydroxyl groups excluding tert-OH is 2. The second kappa shape index (κ2) is 10.5. The van der Waals surface area contributed by atoms with E-state index in [1.165, 1.54) is 24.6 Å². The van der Waals surface area contributed by atoms with E-state index in [9.17, 15) is 19.4 Å². The van der Waals surface area contributed by atoms with Gasteiger partial charge in [-0.3, -0.25) is 9.78 Å². The fourth-order valence-corrected chi connectivity index (χ4v) is 5.31. The maximum absolute atomic E-state index is 13.9. The Hall–Kier alpha value is -3.15. The minimum atomic E-state index is -0.896. The third-order valence-corrected chi connectivity index (χ3v) is 7.13. The molecule has 0 saturated heterocycles. The summed E-state index contributed by atoms with van der Waals surface area (Å²) < 4.78 is 13.9. The molecule has 1 heterocycles. The summed E-state index contributed by atoms with van der Waals surface area (Å²) in [4.78, 5) is 16.6. The van der Waals surface area contributed by atoms with Gasteiger partial charge in [-0.15, -0.1) is 0 Å². The third-order valence-electron chi connectivity index (χ3n) is 7.13. The first kappa shape index (κ1) is 24.5. The number of pyridine rings is 1. The largest absolute Gasteiger partial charge is 0.393 e. The van der Waals surface area contributed by atoms with Gasteiger partial charge in [0.1, 0.15) is 11.6 Å². The van der Waals surface area contributed by atoms with Gasteiger partial charge in [0.2, 0.25) is 0 Å². The molecule has 2 aliphatic carbocycles. The summed E-state index contributed by atoms with van der Waals surface area (Å²) in [6.07, 6.45) is 6.90. The van der Waals surface area contributed by atoms with Crippen molar-refractivity contribution >= 4 is 11.9 Å². The van der Waals surface area contributed by atoms with Gasteiger partial charge in [0.25, 0.3) is 0 Å². The molecule has 2 N–H and O–H groups in total. The van der Waals surface area contributed by atoms with Crippen LogP contribution < -0.4 is 0 Å². The number of ketones is 1. The monoisotopic (exact) mass is 485 g/mol. The van der Waals surface area contributed by atoms with Crippen LogP contribution in [0.15, 0.2) is 54.6 Å². The summed E-state index contributed by atoms with van der Waals surface area (Å²) >= 11 is 0. The van der Waals surface area contributed by atoms with Crippen molar-refractivity contribution in [1.82, 2.24) is 4.98 Å². The number of hydrogen-bond acceptors (Lipinski definition) is 4. The molecule has 36 heavy (non-hydrogen) atoms. The van der Waals surface area contributed by atoms with E-state index < -0.39 is 12.2 Å². The molecule has 2 aromatic carbocycles. The zero-order valence-corrected chi connectivity index (χ0v) is 20.6. The predicted octanol–water partition coefficient (Wildman–Crippen LogP) is 6.03. The van der Waals surface area contributed by atoms with Gasteiger partial charge in [-0.05, 0) is 73.4 Å². The van der Waals surface area contributed by atoms with Gasteiger partial charge in [-0.25, -0.2) is 4.39 Å². The molecule has 0 unspecified atom stereocenters. The number of aromatic nitrogens is 1. The van der Waals surface area contributed by atoms with Gasteiger partial charge in [0.15, 0.2) is 0 Å². The van der Waals surface area contributed by atoms with E-state index in [-0.39, 0.29) is 24.4 Å². The van der Waals surface area contributed by atoms with Gasteiger partial charge in [-0.1, -0.05) is 48.6 Å². The Morgan fingerprint density at radius 2 is 1.86 bits per heavy atom. The number of fused-ring (bicyclic) bond motifs is 3. The van der Waals surface area contributed by atoms with Crippen LogP contribution in [0.5, 0.6) is 0 Å².